The maximum atomic E-state index is 14.2. The topological polar surface area (TPSA) is 123 Å². The van der Waals surface area contributed by atoms with Crippen LogP contribution in [-0.4, -0.2) is 44.2 Å². The fourth-order valence-electron chi connectivity index (χ4n) is 3.65. The Morgan fingerprint density at radius 1 is 1.15 bits per heavy atom. The number of rotatable bonds is 8. The van der Waals surface area contributed by atoms with E-state index in [1.54, 1.807) is 30.3 Å². The molecule has 0 saturated carbocycles. The molecule has 1 aliphatic heterocycles. The largest absolute Gasteiger partial charge is 0.493 e. The summed E-state index contributed by atoms with van der Waals surface area (Å²) in [5.74, 6) is -2.93. The monoisotopic (exact) mass is 453 g/mol. The van der Waals surface area contributed by atoms with Gasteiger partial charge in [0.05, 0.1) is 6.42 Å². The summed E-state index contributed by atoms with van der Waals surface area (Å²) in [5.41, 5.74) is -1.04. The lowest BCUT2D eigenvalue weighted by atomic mass is 9.85. The Labute approximate surface area is 187 Å². The highest BCUT2D eigenvalue weighted by Crippen LogP contribution is 2.31. The van der Waals surface area contributed by atoms with Gasteiger partial charge in [-0.25, -0.2) is 4.39 Å². The van der Waals surface area contributed by atoms with Crippen LogP contribution < -0.4 is 5.32 Å². The Morgan fingerprint density at radius 2 is 1.88 bits per heavy atom. The van der Waals surface area contributed by atoms with E-state index in [9.17, 15) is 24.2 Å². The highest BCUT2D eigenvalue weighted by atomic mass is 19.1. The summed E-state index contributed by atoms with van der Waals surface area (Å²) >= 11 is 0. The van der Waals surface area contributed by atoms with Gasteiger partial charge in [0.2, 0.25) is 12.7 Å². The number of benzene rings is 2. The molecule has 3 N–H and O–H groups in total. The van der Waals surface area contributed by atoms with Gasteiger partial charge >= 0.3 is 5.97 Å². The predicted molar refractivity (Wildman–Crippen MR) is 113 cm³/mol. The van der Waals surface area contributed by atoms with E-state index in [1.807, 2.05) is 6.07 Å². The van der Waals surface area contributed by atoms with Crippen LogP contribution in [0.25, 0.3) is 5.69 Å². The highest BCUT2D eigenvalue weighted by Gasteiger charge is 2.43. The zero-order chi connectivity index (χ0) is 23.4. The minimum absolute atomic E-state index is 0.0506. The van der Waals surface area contributed by atoms with Crippen LogP contribution >= 0.6 is 0 Å². The molecule has 0 radical (unpaired) electrons. The maximum absolute atomic E-state index is 14.2. The third-order valence-corrected chi connectivity index (χ3v) is 5.10. The average molecular weight is 453 g/mol. The van der Waals surface area contributed by atoms with Gasteiger partial charge in [-0.05, 0) is 17.7 Å². The minimum atomic E-state index is -1.50. The zero-order valence-corrected chi connectivity index (χ0v) is 17.3. The van der Waals surface area contributed by atoms with Gasteiger partial charge in [-0.15, -0.1) is 0 Å². The molecule has 10 heteroatoms. The summed E-state index contributed by atoms with van der Waals surface area (Å²) in [5, 5.41) is 26.6. The van der Waals surface area contributed by atoms with Crippen LogP contribution in [0.1, 0.15) is 22.5 Å². The van der Waals surface area contributed by atoms with Gasteiger partial charge in [-0.3, -0.25) is 9.59 Å². The van der Waals surface area contributed by atoms with Gasteiger partial charge in [-0.1, -0.05) is 42.5 Å². The number of nitrogens with zero attached hydrogens (tertiary/aromatic N) is 2. The van der Waals surface area contributed by atoms with Crippen molar-refractivity contribution in [3.05, 3.63) is 89.8 Å². The van der Waals surface area contributed by atoms with Crippen LogP contribution in [0, 0.1) is 5.82 Å². The van der Waals surface area contributed by atoms with Crippen LogP contribution in [0.5, 0.6) is 5.88 Å². The van der Waals surface area contributed by atoms with Crippen molar-refractivity contribution in [1.82, 2.24) is 15.1 Å². The van der Waals surface area contributed by atoms with Crippen molar-refractivity contribution in [3.63, 3.8) is 0 Å². The standard InChI is InChI=1S/C23H20FN3O6/c24-16-8-4-5-9-18(16)27-20(28)10-17(26-27)22(31)25-23(12-21(29)30,19-13-32-14-33-19)11-15-6-2-1-3-7-15/h1-10,13,28H,11-12,14H2,(H,25,31)(H,29,30). The van der Waals surface area contributed by atoms with E-state index in [4.69, 9.17) is 9.47 Å². The van der Waals surface area contributed by atoms with E-state index in [2.05, 4.69) is 10.4 Å². The number of carboxylic acids is 1. The molecule has 3 aromatic rings. The molecule has 0 saturated heterocycles. The second-order valence-electron chi connectivity index (χ2n) is 7.43. The molecule has 1 amide bonds. The van der Waals surface area contributed by atoms with Gasteiger partial charge in [-0.2, -0.15) is 9.78 Å². The molecule has 1 aromatic heterocycles. The summed E-state index contributed by atoms with van der Waals surface area (Å²) in [6, 6.07) is 15.7. The summed E-state index contributed by atoms with van der Waals surface area (Å²) in [6.07, 6.45) is 0.839. The second-order valence-corrected chi connectivity index (χ2v) is 7.43. The molecule has 2 heterocycles. The summed E-state index contributed by atoms with van der Waals surface area (Å²) in [6.45, 7) is -0.121. The smallest absolute Gasteiger partial charge is 0.306 e. The number of amides is 1. The maximum Gasteiger partial charge on any atom is 0.306 e. The number of hydrogen-bond donors (Lipinski definition) is 3. The molecule has 1 atom stereocenters. The van der Waals surface area contributed by atoms with E-state index >= 15 is 0 Å². The molecule has 1 unspecified atom stereocenters. The van der Waals surface area contributed by atoms with Crippen LogP contribution in [-0.2, 0) is 20.7 Å². The molecular formula is C23H20FN3O6. The van der Waals surface area contributed by atoms with E-state index in [-0.39, 0.29) is 30.4 Å². The average Bonchev–Trinajstić information content (AvgIpc) is 3.45. The first-order chi connectivity index (χ1) is 15.9. The molecule has 4 rings (SSSR count). The number of carboxylic acid groups (broad SMARTS) is 1. The lowest BCUT2D eigenvalue weighted by molar-refractivity contribution is -0.138. The SMILES string of the molecule is O=C(O)CC(Cc1ccccc1)(NC(=O)c1cc(O)n(-c2ccccc2F)n1)C1=COCO1. The van der Waals surface area contributed by atoms with Gasteiger partial charge in [0.25, 0.3) is 5.91 Å². The summed E-state index contributed by atoms with van der Waals surface area (Å²) in [4.78, 5) is 24.9. The molecule has 9 nitrogen and oxygen atoms in total. The van der Waals surface area contributed by atoms with Crippen LogP contribution in [0.4, 0.5) is 4.39 Å². The number of carbonyl (C=O) groups excluding carboxylic acids is 1. The van der Waals surface area contributed by atoms with E-state index in [0.717, 1.165) is 16.3 Å². The van der Waals surface area contributed by atoms with E-state index < -0.39 is 35.5 Å². The molecule has 2 aromatic carbocycles. The van der Waals surface area contributed by atoms with Crippen molar-refractivity contribution in [2.24, 2.45) is 0 Å². The Bertz CT molecular complexity index is 1210. The first-order valence-corrected chi connectivity index (χ1v) is 9.95. The summed E-state index contributed by atoms with van der Waals surface area (Å²) in [7, 11) is 0. The first-order valence-electron chi connectivity index (χ1n) is 9.95. The van der Waals surface area contributed by atoms with E-state index in [0.29, 0.717) is 0 Å². The van der Waals surface area contributed by atoms with E-state index in [1.165, 1.54) is 24.5 Å². The number of para-hydroxylation sites is 1. The molecule has 1 aliphatic rings. The predicted octanol–water partition coefficient (Wildman–Crippen LogP) is 2.75. The highest BCUT2D eigenvalue weighted by molar-refractivity contribution is 5.94. The van der Waals surface area contributed by atoms with Crippen molar-refractivity contribution < 1.29 is 33.7 Å². The third kappa shape index (κ3) is 4.64. The molecule has 0 fully saturated rings. The summed E-state index contributed by atoms with van der Waals surface area (Å²) < 4.78 is 25.6. The number of ether oxygens (including phenoxy) is 2. The Balaban J connectivity index is 1.70. The van der Waals surface area contributed by atoms with Gasteiger partial charge in [0.15, 0.2) is 11.5 Å². The van der Waals surface area contributed by atoms with Crippen molar-refractivity contribution >= 4 is 11.9 Å². The number of nitrogens with one attached hydrogen (secondary N) is 1. The molecule has 0 bridgehead atoms. The number of aromatic hydroxyl groups is 1. The minimum Gasteiger partial charge on any atom is -0.493 e. The van der Waals surface area contributed by atoms with Crippen molar-refractivity contribution in [3.8, 4) is 11.6 Å². The Hall–Kier alpha value is -4.34. The normalized spacial score (nSPS) is 14.5. The zero-order valence-electron chi connectivity index (χ0n) is 17.3. The number of carbonyl (C=O) groups is 2. The van der Waals surface area contributed by atoms with Crippen molar-refractivity contribution in [2.45, 2.75) is 18.4 Å². The lowest BCUT2D eigenvalue weighted by Gasteiger charge is -2.33. The molecule has 170 valence electrons. The number of hydrogen-bond acceptors (Lipinski definition) is 6. The number of halogens is 1. The number of aromatic nitrogens is 2. The molecule has 0 spiro atoms. The molecule has 0 aliphatic carbocycles. The fraction of sp³-hybridized carbons (Fsp3) is 0.174. The number of aliphatic carboxylic acids is 1. The van der Waals surface area contributed by atoms with Crippen LogP contribution in [0.3, 0.4) is 0 Å². The van der Waals surface area contributed by atoms with Gasteiger partial charge in [0, 0.05) is 12.5 Å². The third-order valence-electron chi connectivity index (χ3n) is 5.10. The van der Waals surface area contributed by atoms with Gasteiger partial charge in [0.1, 0.15) is 23.3 Å². The van der Waals surface area contributed by atoms with Gasteiger partial charge < -0.3 is 25.0 Å². The first kappa shape index (κ1) is 21.9. The lowest BCUT2D eigenvalue weighted by Crippen LogP contribution is -2.53. The fourth-order valence-corrected chi connectivity index (χ4v) is 3.65. The second kappa shape index (κ2) is 9.03. The molecule has 33 heavy (non-hydrogen) atoms. The Morgan fingerprint density at radius 3 is 2.55 bits per heavy atom. The molecular weight excluding hydrogens is 433 g/mol. The Kier molecular flexibility index (Phi) is 5.99. The van der Waals surface area contributed by atoms with Crippen molar-refractivity contribution in [1.29, 1.82) is 0 Å². The quantitative estimate of drug-likeness (QED) is 0.479. The van der Waals surface area contributed by atoms with Crippen molar-refractivity contribution in [2.75, 3.05) is 6.79 Å². The van der Waals surface area contributed by atoms with Crippen LogP contribution in [0.2, 0.25) is 0 Å². The van der Waals surface area contributed by atoms with Crippen LogP contribution in [0.15, 0.2) is 72.7 Å².